The van der Waals surface area contributed by atoms with Gasteiger partial charge in [0, 0.05) is 0 Å². The summed E-state index contributed by atoms with van der Waals surface area (Å²) >= 11 is 2.31. The van der Waals surface area contributed by atoms with Crippen LogP contribution in [0.4, 0.5) is 0 Å². The fourth-order valence-corrected chi connectivity index (χ4v) is 0. The van der Waals surface area contributed by atoms with Crippen molar-refractivity contribution >= 4 is 34.7 Å². The average molecular weight is 177 g/mol. The molecule has 0 aromatic rings. The Kier molecular flexibility index (Phi) is 2210. The summed E-state index contributed by atoms with van der Waals surface area (Å²) in [5.74, 6) is 0. The van der Waals surface area contributed by atoms with Gasteiger partial charge in [0.2, 0.25) is 0 Å². The Bertz CT molecular complexity index is 9.65. The van der Waals surface area contributed by atoms with Gasteiger partial charge < -0.3 is 16.4 Å². The van der Waals surface area contributed by atoms with Crippen LogP contribution >= 0.6 is 0 Å². The van der Waals surface area contributed by atoms with Crippen LogP contribution in [0.3, 0.4) is 0 Å². The van der Waals surface area contributed by atoms with E-state index in [2.05, 4.69) is 15.7 Å². The van der Waals surface area contributed by atoms with Gasteiger partial charge in [0.05, 0.1) is 0 Å². The second-order valence-corrected chi connectivity index (χ2v) is 0. The third kappa shape index (κ3) is 128. The Hall–Kier alpha value is 1.25. The zero-order chi connectivity index (χ0) is 2.00. The molecule has 0 saturated carbocycles. The van der Waals surface area contributed by atoms with Crippen LogP contribution < -0.4 is 0 Å². The number of hydrogen-bond acceptors (Lipinski definition) is 1. The van der Waals surface area contributed by atoms with Gasteiger partial charge in [-0.2, -0.15) is 0 Å². The van der Waals surface area contributed by atoms with Gasteiger partial charge in [0.25, 0.3) is 0 Å². The van der Waals surface area contributed by atoms with E-state index in [1.54, 1.807) is 0 Å². The van der Waals surface area contributed by atoms with Crippen LogP contribution in [0, 0.1) is 0 Å². The van der Waals surface area contributed by atoms with Crippen LogP contribution in [0.5, 0.6) is 0 Å². The molecule has 0 heterocycles. The van der Waals surface area contributed by atoms with Crippen molar-refractivity contribution in [1.82, 2.24) is 0 Å². The molecular weight excluding hydrogens is 177 g/mol. The molecule has 0 radical (unpaired) electrons. The zero-order valence-electron chi connectivity index (χ0n) is 3.12. The standard InChI is InChI=1S/2Al.Co.4O/q2*+3;;;3*-2. The van der Waals surface area contributed by atoms with Crippen LogP contribution in [0.15, 0.2) is 0 Å². The van der Waals surface area contributed by atoms with Gasteiger partial charge in [0.15, 0.2) is 0 Å². The van der Waals surface area contributed by atoms with Gasteiger partial charge in [0.1, 0.15) is 0 Å². The molecule has 7 heavy (non-hydrogen) atoms. The van der Waals surface area contributed by atoms with Crippen LogP contribution in [0.25, 0.3) is 0 Å². The molecule has 0 atom stereocenters. The Morgan fingerprint density at radius 3 is 0.714 bits per heavy atom. The van der Waals surface area contributed by atoms with E-state index in [-0.39, 0.29) is 51.2 Å². The second-order valence-electron chi connectivity index (χ2n) is 0. The molecule has 0 aromatic heterocycles. The van der Waals surface area contributed by atoms with Crippen molar-refractivity contribution in [2.75, 3.05) is 0 Å². The predicted octanol–water partition coefficient (Wildman–Crippen LogP) is -1.24. The Morgan fingerprint density at radius 2 is 0.714 bits per heavy atom. The van der Waals surface area contributed by atoms with E-state index in [9.17, 15) is 0 Å². The third-order valence-electron chi connectivity index (χ3n) is 0. The summed E-state index contributed by atoms with van der Waals surface area (Å²) in [6, 6.07) is 0. The van der Waals surface area contributed by atoms with Crippen molar-refractivity contribution < 1.29 is 36.0 Å². The maximum atomic E-state index is 7.94. The topological polar surface area (TPSA) is 103 Å². The van der Waals surface area contributed by atoms with E-state index in [4.69, 9.17) is 3.87 Å². The fraction of sp³-hybridized carbons (Fsp3) is 0. The molecular formula is Al2CoO4. The minimum atomic E-state index is 0. The van der Waals surface area contributed by atoms with Crippen molar-refractivity contribution in [3.63, 3.8) is 0 Å². The van der Waals surface area contributed by atoms with Gasteiger partial charge in [-0.05, 0) is 0 Å². The maximum absolute atomic E-state index is 7.94. The van der Waals surface area contributed by atoms with E-state index in [1.165, 1.54) is 0 Å². The quantitative estimate of drug-likeness (QED) is 0.424. The molecule has 0 aliphatic carbocycles. The molecule has 0 spiro atoms. The number of hydrogen-bond donors (Lipinski definition) is 0. The van der Waals surface area contributed by atoms with Gasteiger partial charge in [-0.1, -0.05) is 0 Å². The van der Waals surface area contributed by atoms with Crippen molar-refractivity contribution in [3.8, 4) is 0 Å². The van der Waals surface area contributed by atoms with E-state index in [0.717, 1.165) is 0 Å². The monoisotopic (exact) mass is 177 g/mol. The summed E-state index contributed by atoms with van der Waals surface area (Å²) in [4.78, 5) is 0. The summed E-state index contributed by atoms with van der Waals surface area (Å²) in [7, 11) is 0. The SMILES string of the molecule is [Al+3].[Al+3].[O-2].[O-2].[O-2].[O]=[Co]. The molecule has 0 aromatic carbocycles. The third-order valence-corrected chi connectivity index (χ3v) is 0. The van der Waals surface area contributed by atoms with E-state index in [1.807, 2.05) is 0 Å². The van der Waals surface area contributed by atoms with Crippen LogP contribution in [-0.4, -0.2) is 34.7 Å². The van der Waals surface area contributed by atoms with Crippen molar-refractivity contribution in [2.24, 2.45) is 0 Å². The molecule has 0 saturated heterocycles. The molecule has 4 nitrogen and oxygen atoms in total. The minimum absolute atomic E-state index is 0. The van der Waals surface area contributed by atoms with Crippen molar-refractivity contribution in [3.05, 3.63) is 0 Å². The number of rotatable bonds is 0. The van der Waals surface area contributed by atoms with Crippen molar-refractivity contribution in [1.29, 1.82) is 0 Å². The Balaban J connectivity index is -0.000000000500. The molecule has 0 amide bonds. The fourth-order valence-electron chi connectivity index (χ4n) is 0. The zero-order valence-corrected chi connectivity index (χ0v) is 6.47. The Morgan fingerprint density at radius 1 is 0.714 bits per heavy atom. The van der Waals surface area contributed by atoms with Crippen LogP contribution in [0.2, 0.25) is 0 Å². The summed E-state index contributed by atoms with van der Waals surface area (Å²) in [5.41, 5.74) is 0. The first-order valence-corrected chi connectivity index (χ1v) is 0.561. The molecule has 0 aliphatic rings. The summed E-state index contributed by atoms with van der Waals surface area (Å²) in [6.07, 6.45) is 0. The first kappa shape index (κ1) is 85.6. The van der Waals surface area contributed by atoms with E-state index < -0.39 is 0 Å². The second kappa shape index (κ2) is 181. The summed E-state index contributed by atoms with van der Waals surface area (Å²) in [6.45, 7) is 0. The molecule has 0 N–H and O–H groups in total. The molecule has 0 aliphatic heterocycles. The molecule has 0 unspecified atom stereocenters. The van der Waals surface area contributed by atoms with Gasteiger partial charge in [-0.25, -0.2) is 0 Å². The van der Waals surface area contributed by atoms with Crippen LogP contribution in [0.1, 0.15) is 0 Å². The van der Waals surface area contributed by atoms with Crippen LogP contribution in [-0.2, 0) is 36.0 Å². The first-order valence-electron chi connectivity index (χ1n) is 0.136. The molecule has 7 heteroatoms. The normalized spacial score (nSPS) is 0.714. The average Bonchev–Trinajstić information content (AvgIpc) is 1.00. The van der Waals surface area contributed by atoms with Gasteiger partial charge in [-0.15, -0.1) is 0 Å². The Labute approximate surface area is 70.6 Å². The van der Waals surface area contributed by atoms with E-state index in [0.29, 0.717) is 0 Å². The molecule has 0 rings (SSSR count). The molecule has 0 bridgehead atoms. The van der Waals surface area contributed by atoms with Crippen molar-refractivity contribution in [2.45, 2.75) is 0 Å². The summed E-state index contributed by atoms with van der Waals surface area (Å²) < 4.78 is 7.94. The van der Waals surface area contributed by atoms with Gasteiger partial charge in [-0.3, -0.25) is 0 Å². The van der Waals surface area contributed by atoms with E-state index >= 15 is 0 Å². The predicted molar refractivity (Wildman–Crippen MR) is 14.3 cm³/mol. The molecule has 0 fully saturated rings. The first-order chi connectivity index (χ1) is 1.00. The molecule has 39 valence electrons. The van der Waals surface area contributed by atoms with Gasteiger partial charge >= 0.3 is 54.3 Å². The summed E-state index contributed by atoms with van der Waals surface area (Å²) in [5, 5.41) is 0.